The summed E-state index contributed by atoms with van der Waals surface area (Å²) in [5.74, 6) is 0. The molecule has 0 saturated carbocycles. The highest BCUT2D eigenvalue weighted by atomic mass is 16.7. The first-order chi connectivity index (χ1) is 9.25. The Kier molecular flexibility index (Phi) is 2.76. The van der Waals surface area contributed by atoms with Crippen molar-refractivity contribution in [1.82, 2.24) is 4.68 Å². The summed E-state index contributed by atoms with van der Waals surface area (Å²) in [6.07, 6.45) is 0.552. The highest BCUT2D eigenvalue weighted by Gasteiger charge is 2.16. The first kappa shape index (κ1) is 11.5. The number of hydrogen-bond acceptors (Lipinski definition) is 2. The second-order valence-electron chi connectivity index (χ2n) is 4.41. The van der Waals surface area contributed by atoms with Crippen molar-refractivity contribution in [2.45, 2.75) is 6.42 Å². The Labute approximate surface area is 110 Å². The summed E-state index contributed by atoms with van der Waals surface area (Å²) in [5, 5.41) is 11.8. The molecule has 4 heteroatoms. The van der Waals surface area contributed by atoms with Gasteiger partial charge in [-0.2, -0.15) is 0 Å². The lowest BCUT2D eigenvalue weighted by Gasteiger charge is -2.01. The van der Waals surface area contributed by atoms with Gasteiger partial charge in [0.25, 0.3) is 0 Å². The second kappa shape index (κ2) is 4.57. The molecule has 0 N–H and O–H groups in total. The first-order valence-electron chi connectivity index (χ1n) is 6.03. The van der Waals surface area contributed by atoms with Crippen molar-refractivity contribution in [1.29, 1.82) is 0 Å². The second-order valence-corrected chi connectivity index (χ2v) is 4.41. The molecule has 4 nitrogen and oxygen atoms in total. The largest absolute Gasteiger partial charge is 0.234 e. The van der Waals surface area contributed by atoms with Crippen LogP contribution in [0, 0.1) is 10.1 Å². The lowest BCUT2D eigenvalue weighted by Crippen LogP contribution is -2.12. The molecular weight excluding hydrogens is 240 g/mol. The molecule has 0 spiro atoms. The average molecular weight is 252 g/mol. The SMILES string of the molecule is O=[N+]([O-])n1c(Cc2ccccc2)cc2ccccc21. The maximum Gasteiger partial charge on any atom is 0.169 e. The molecule has 2 aromatic carbocycles. The third-order valence-electron chi connectivity index (χ3n) is 3.15. The van der Waals surface area contributed by atoms with Gasteiger partial charge in [-0.3, -0.25) is 0 Å². The van der Waals surface area contributed by atoms with Crippen LogP contribution in [0.1, 0.15) is 11.3 Å². The molecule has 0 radical (unpaired) electrons. The minimum atomic E-state index is -0.361. The van der Waals surface area contributed by atoms with Crippen molar-refractivity contribution in [3.05, 3.63) is 82.0 Å². The fourth-order valence-electron chi connectivity index (χ4n) is 2.32. The molecular formula is C15H12N2O2. The molecule has 1 heterocycles. The number of nitrogens with zero attached hydrogens (tertiary/aromatic N) is 2. The van der Waals surface area contributed by atoms with Gasteiger partial charge in [0, 0.05) is 11.8 Å². The third kappa shape index (κ3) is 2.08. The third-order valence-corrected chi connectivity index (χ3v) is 3.15. The van der Waals surface area contributed by atoms with Crippen LogP contribution >= 0.6 is 0 Å². The minimum absolute atomic E-state index is 0.361. The van der Waals surface area contributed by atoms with Crippen LogP contribution in [0.25, 0.3) is 10.9 Å². The van der Waals surface area contributed by atoms with E-state index < -0.39 is 0 Å². The maximum absolute atomic E-state index is 11.3. The molecule has 0 unspecified atom stereocenters. The van der Waals surface area contributed by atoms with E-state index in [9.17, 15) is 10.1 Å². The summed E-state index contributed by atoms with van der Waals surface area (Å²) in [4.78, 5) is 11.3. The summed E-state index contributed by atoms with van der Waals surface area (Å²) >= 11 is 0. The van der Waals surface area contributed by atoms with Crippen LogP contribution in [0.15, 0.2) is 60.7 Å². The van der Waals surface area contributed by atoms with E-state index in [1.54, 1.807) is 6.07 Å². The van der Waals surface area contributed by atoms with Crippen molar-refractivity contribution < 1.29 is 5.03 Å². The van der Waals surface area contributed by atoms with E-state index in [1.165, 1.54) is 4.68 Å². The number of benzene rings is 2. The van der Waals surface area contributed by atoms with Crippen molar-refractivity contribution in [3.63, 3.8) is 0 Å². The van der Waals surface area contributed by atoms with Gasteiger partial charge in [-0.05, 0) is 17.7 Å². The first-order valence-corrected chi connectivity index (χ1v) is 6.03. The van der Waals surface area contributed by atoms with Gasteiger partial charge < -0.3 is 0 Å². The highest BCUT2D eigenvalue weighted by molar-refractivity contribution is 5.80. The maximum atomic E-state index is 11.3. The number of fused-ring (bicyclic) bond motifs is 1. The van der Waals surface area contributed by atoms with E-state index in [0.717, 1.165) is 10.9 Å². The number of hydrogen-bond donors (Lipinski definition) is 0. The fraction of sp³-hybridized carbons (Fsp3) is 0.0667. The minimum Gasteiger partial charge on any atom is -0.234 e. The van der Waals surface area contributed by atoms with E-state index in [0.29, 0.717) is 17.6 Å². The van der Waals surface area contributed by atoms with Crippen LogP contribution in [0.5, 0.6) is 0 Å². The number of aromatic nitrogens is 1. The highest BCUT2D eigenvalue weighted by Crippen LogP contribution is 2.21. The Morgan fingerprint density at radius 1 is 1.00 bits per heavy atom. The molecule has 0 bridgehead atoms. The summed E-state index contributed by atoms with van der Waals surface area (Å²) in [6, 6.07) is 19.0. The Balaban J connectivity index is 2.13. The van der Waals surface area contributed by atoms with Gasteiger partial charge in [-0.15, -0.1) is 0 Å². The molecule has 0 fully saturated rings. The smallest absolute Gasteiger partial charge is 0.169 e. The molecule has 19 heavy (non-hydrogen) atoms. The molecule has 94 valence electrons. The Morgan fingerprint density at radius 3 is 2.42 bits per heavy atom. The Bertz CT molecular complexity index is 732. The topological polar surface area (TPSA) is 48.1 Å². The molecule has 0 aliphatic heterocycles. The summed E-state index contributed by atoms with van der Waals surface area (Å²) in [7, 11) is 0. The van der Waals surface area contributed by atoms with E-state index in [4.69, 9.17) is 0 Å². The van der Waals surface area contributed by atoms with Gasteiger partial charge in [-0.1, -0.05) is 53.2 Å². The van der Waals surface area contributed by atoms with E-state index in [-0.39, 0.29) is 5.03 Å². The van der Waals surface area contributed by atoms with Crippen LogP contribution in [0.3, 0.4) is 0 Å². The quantitative estimate of drug-likeness (QED) is 0.530. The van der Waals surface area contributed by atoms with E-state index in [2.05, 4.69) is 0 Å². The fourth-order valence-corrected chi connectivity index (χ4v) is 2.32. The van der Waals surface area contributed by atoms with Crippen molar-refractivity contribution in [2.24, 2.45) is 0 Å². The van der Waals surface area contributed by atoms with Crippen LogP contribution < -0.4 is 0 Å². The predicted octanol–water partition coefficient (Wildman–Crippen LogP) is 3.27. The van der Waals surface area contributed by atoms with Crippen LogP contribution in [-0.2, 0) is 6.42 Å². The zero-order valence-electron chi connectivity index (χ0n) is 10.2. The van der Waals surface area contributed by atoms with Crippen LogP contribution in [0.4, 0.5) is 0 Å². The Hall–Kier alpha value is -2.62. The van der Waals surface area contributed by atoms with Crippen LogP contribution in [0.2, 0.25) is 0 Å². The van der Waals surface area contributed by atoms with Gasteiger partial charge in [-0.25, -0.2) is 10.1 Å². The molecule has 1 aromatic heterocycles. The lowest BCUT2D eigenvalue weighted by atomic mass is 10.1. The van der Waals surface area contributed by atoms with Gasteiger partial charge in [0.15, 0.2) is 5.03 Å². The molecule has 0 saturated heterocycles. The molecule has 0 amide bonds. The van der Waals surface area contributed by atoms with Crippen molar-refractivity contribution in [2.75, 3.05) is 0 Å². The molecule has 0 aliphatic carbocycles. The zero-order chi connectivity index (χ0) is 13.2. The Morgan fingerprint density at radius 2 is 1.68 bits per heavy atom. The normalized spacial score (nSPS) is 10.7. The molecule has 3 rings (SSSR count). The monoisotopic (exact) mass is 252 g/mol. The molecule has 0 atom stereocenters. The van der Waals surface area contributed by atoms with Gasteiger partial charge in [0.2, 0.25) is 0 Å². The zero-order valence-corrected chi connectivity index (χ0v) is 10.2. The van der Waals surface area contributed by atoms with Crippen molar-refractivity contribution in [3.8, 4) is 0 Å². The summed E-state index contributed by atoms with van der Waals surface area (Å²) in [6.45, 7) is 0. The van der Waals surface area contributed by atoms with Gasteiger partial charge in [0.1, 0.15) is 5.52 Å². The average Bonchev–Trinajstić information content (AvgIpc) is 2.77. The molecule has 0 aliphatic rings. The number of para-hydroxylation sites is 1. The summed E-state index contributed by atoms with van der Waals surface area (Å²) < 4.78 is 1.17. The standard InChI is InChI=1S/C15H12N2O2/c18-17(19)16-14(10-12-6-2-1-3-7-12)11-13-8-4-5-9-15(13)16/h1-9,11H,10H2. The van der Waals surface area contributed by atoms with E-state index in [1.807, 2.05) is 54.6 Å². The number of nitro groups is 1. The van der Waals surface area contributed by atoms with Gasteiger partial charge >= 0.3 is 0 Å². The van der Waals surface area contributed by atoms with E-state index >= 15 is 0 Å². The predicted molar refractivity (Wildman–Crippen MR) is 73.6 cm³/mol. The number of rotatable bonds is 3. The van der Waals surface area contributed by atoms with Crippen LogP contribution in [-0.4, -0.2) is 9.71 Å². The van der Waals surface area contributed by atoms with Gasteiger partial charge in [0.05, 0.1) is 5.69 Å². The summed E-state index contributed by atoms with van der Waals surface area (Å²) in [5.41, 5.74) is 2.39. The lowest BCUT2D eigenvalue weighted by molar-refractivity contribution is -0.539. The molecule has 3 aromatic rings. The van der Waals surface area contributed by atoms with Crippen molar-refractivity contribution >= 4 is 10.9 Å².